The molecule has 0 fully saturated rings. The number of carbonyl (C=O) groups is 2. The van der Waals surface area contributed by atoms with Gasteiger partial charge in [-0.15, -0.1) is 0 Å². The van der Waals surface area contributed by atoms with Crippen LogP contribution in [0.15, 0.2) is 71.5 Å². The maximum Gasteiger partial charge on any atom is 0.287 e. The fourth-order valence-electron chi connectivity index (χ4n) is 3.27. The molecule has 2 amide bonds. The predicted octanol–water partition coefficient (Wildman–Crippen LogP) is 4.05. The van der Waals surface area contributed by atoms with Gasteiger partial charge in [-0.2, -0.15) is 5.10 Å². The van der Waals surface area contributed by atoms with Crippen LogP contribution in [0.1, 0.15) is 28.4 Å². The predicted molar refractivity (Wildman–Crippen MR) is 142 cm³/mol. The van der Waals surface area contributed by atoms with Gasteiger partial charge in [0.25, 0.3) is 11.8 Å². The van der Waals surface area contributed by atoms with Crippen molar-refractivity contribution in [2.75, 3.05) is 13.4 Å². The molecule has 0 atom stereocenters. The van der Waals surface area contributed by atoms with E-state index in [-0.39, 0.29) is 18.2 Å². The van der Waals surface area contributed by atoms with E-state index < -0.39 is 11.8 Å². The minimum atomic E-state index is -0.633. The van der Waals surface area contributed by atoms with Crippen LogP contribution in [0.3, 0.4) is 0 Å². The summed E-state index contributed by atoms with van der Waals surface area (Å²) in [7, 11) is 0. The van der Waals surface area contributed by atoms with E-state index in [4.69, 9.17) is 14.2 Å². The SMILES string of the molecule is CCOc1cc(C=NNC(=O)C(=Cc2ccc3c(c2)OCO3)NC(=O)c2ccccc2)cc(I)c1O. The number of aromatic hydroxyl groups is 1. The van der Waals surface area contributed by atoms with Crippen molar-refractivity contribution < 1.29 is 28.9 Å². The van der Waals surface area contributed by atoms with Gasteiger partial charge >= 0.3 is 0 Å². The number of phenols is 1. The first-order chi connectivity index (χ1) is 17.4. The van der Waals surface area contributed by atoms with Gasteiger partial charge in [-0.3, -0.25) is 9.59 Å². The van der Waals surface area contributed by atoms with E-state index >= 15 is 0 Å². The van der Waals surface area contributed by atoms with Crippen LogP contribution in [0.4, 0.5) is 0 Å². The van der Waals surface area contributed by atoms with Gasteiger partial charge < -0.3 is 24.6 Å². The summed E-state index contributed by atoms with van der Waals surface area (Å²) in [5.41, 5.74) is 4.04. The number of hydrogen-bond acceptors (Lipinski definition) is 7. The number of halogens is 1. The highest BCUT2D eigenvalue weighted by molar-refractivity contribution is 14.1. The maximum atomic E-state index is 13.0. The smallest absolute Gasteiger partial charge is 0.287 e. The van der Waals surface area contributed by atoms with E-state index in [1.165, 1.54) is 12.3 Å². The Labute approximate surface area is 220 Å². The number of benzene rings is 3. The molecule has 0 saturated carbocycles. The summed E-state index contributed by atoms with van der Waals surface area (Å²) in [5, 5.41) is 16.8. The molecule has 0 saturated heterocycles. The number of phenolic OH excluding ortho intramolecular Hbond substituents is 1. The highest BCUT2D eigenvalue weighted by Gasteiger charge is 2.17. The fraction of sp³-hybridized carbons (Fsp3) is 0.115. The van der Waals surface area contributed by atoms with Gasteiger partial charge in [0.15, 0.2) is 23.0 Å². The van der Waals surface area contributed by atoms with Crippen LogP contribution in [0.2, 0.25) is 0 Å². The quantitative estimate of drug-likeness (QED) is 0.156. The number of carbonyl (C=O) groups excluding carboxylic acids is 2. The molecule has 4 rings (SSSR count). The molecular weight excluding hydrogens is 577 g/mol. The van der Waals surface area contributed by atoms with Crippen LogP contribution >= 0.6 is 22.6 Å². The molecule has 9 nitrogen and oxygen atoms in total. The van der Waals surface area contributed by atoms with E-state index in [2.05, 4.69) is 15.8 Å². The Balaban J connectivity index is 1.56. The Morgan fingerprint density at radius 3 is 2.64 bits per heavy atom. The first kappa shape index (κ1) is 25.0. The van der Waals surface area contributed by atoms with Gasteiger partial charge in [0.05, 0.1) is 16.4 Å². The Morgan fingerprint density at radius 2 is 1.86 bits per heavy atom. The first-order valence-electron chi connectivity index (χ1n) is 10.9. The summed E-state index contributed by atoms with van der Waals surface area (Å²) in [6, 6.07) is 17.0. The molecule has 0 bridgehead atoms. The number of nitrogens with zero attached hydrogens (tertiary/aromatic N) is 1. The number of amides is 2. The first-order valence-corrected chi connectivity index (χ1v) is 12.0. The van der Waals surface area contributed by atoms with Gasteiger partial charge in [0, 0.05) is 5.56 Å². The molecule has 3 aromatic carbocycles. The van der Waals surface area contributed by atoms with Crippen molar-refractivity contribution in [3.8, 4) is 23.0 Å². The average molecular weight is 599 g/mol. The average Bonchev–Trinajstić information content (AvgIpc) is 3.35. The zero-order valence-electron chi connectivity index (χ0n) is 19.2. The van der Waals surface area contributed by atoms with Crippen LogP contribution in [-0.2, 0) is 4.79 Å². The minimum absolute atomic E-state index is 0.0184. The van der Waals surface area contributed by atoms with E-state index in [0.29, 0.717) is 44.1 Å². The molecule has 1 aliphatic rings. The van der Waals surface area contributed by atoms with Crippen molar-refractivity contribution in [3.05, 3.63) is 86.6 Å². The van der Waals surface area contributed by atoms with Crippen LogP contribution in [-0.4, -0.2) is 36.5 Å². The molecule has 0 spiro atoms. The molecule has 0 radical (unpaired) electrons. The van der Waals surface area contributed by atoms with Crippen molar-refractivity contribution in [1.82, 2.24) is 10.7 Å². The van der Waals surface area contributed by atoms with Crippen molar-refractivity contribution in [2.24, 2.45) is 5.10 Å². The lowest BCUT2D eigenvalue weighted by Gasteiger charge is -2.10. The Hall–Kier alpha value is -4.06. The summed E-state index contributed by atoms with van der Waals surface area (Å²) in [6.07, 6.45) is 2.93. The summed E-state index contributed by atoms with van der Waals surface area (Å²) < 4.78 is 16.7. The second kappa shape index (κ2) is 11.6. The highest BCUT2D eigenvalue weighted by atomic mass is 127. The zero-order valence-corrected chi connectivity index (χ0v) is 21.3. The topological polar surface area (TPSA) is 118 Å². The number of hydrogen-bond donors (Lipinski definition) is 3. The van der Waals surface area contributed by atoms with Gasteiger partial charge in [-0.1, -0.05) is 24.3 Å². The molecule has 0 aliphatic carbocycles. The second-order valence-corrected chi connectivity index (χ2v) is 8.63. The van der Waals surface area contributed by atoms with Crippen molar-refractivity contribution in [3.63, 3.8) is 0 Å². The van der Waals surface area contributed by atoms with Crippen LogP contribution in [0.25, 0.3) is 6.08 Å². The molecule has 0 aromatic heterocycles. The third-order valence-corrected chi connectivity index (χ3v) is 5.79. The minimum Gasteiger partial charge on any atom is -0.504 e. The fourth-order valence-corrected chi connectivity index (χ4v) is 3.90. The molecule has 0 unspecified atom stereocenters. The van der Waals surface area contributed by atoms with E-state index in [9.17, 15) is 14.7 Å². The molecule has 3 N–H and O–H groups in total. The van der Waals surface area contributed by atoms with Crippen molar-refractivity contribution in [2.45, 2.75) is 6.92 Å². The molecule has 1 aliphatic heterocycles. The van der Waals surface area contributed by atoms with E-state index in [0.717, 1.165) is 0 Å². The van der Waals surface area contributed by atoms with Gasteiger partial charge in [0.1, 0.15) is 5.70 Å². The zero-order chi connectivity index (χ0) is 25.5. The lowest BCUT2D eigenvalue weighted by atomic mass is 10.1. The van der Waals surface area contributed by atoms with Crippen LogP contribution in [0.5, 0.6) is 23.0 Å². The normalized spacial score (nSPS) is 12.4. The molecular formula is C26H22IN3O6. The Morgan fingerprint density at radius 1 is 1.08 bits per heavy atom. The van der Waals surface area contributed by atoms with Crippen LogP contribution < -0.4 is 25.0 Å². The standard InChI is InChI=1S/C26H22IN3O6/c1-2-34-23-13-17(10-19(27)24(23)31)14-28-30-26(33)20(29-25(32)18-6-4-3-5-7-18)11-16-8-9-21-22(12-16)36-15-35-21/h3-14,31H,2,15H2,1H3,(H,29,32)(H,30,33). The molecule has 184 valence electrons. The van der Waals surface area contributed by atoms with E-state index in [1.807, 2.05) is 29.5 Å². The third kappa shape index (κ3) is 6.13. The number of hydrazone groups is 1. The van der Waals surface area contributed by atoms with E-state index in [1.54, 1.807) is 60.7 Å². The number of nitrogens with one attached hydrogen (secondary N) is 2. The molecule has 1 heterocycles. The molecule has 10 heteroatoms. The monoisotopic (exact) mass is 599 g/mol. The highest BCUT2D eigenvalue weighted by Crippen LogP contribution is 2.33. The summed E-state index contributed by atoms with van der Waals surface area (Å²) in [5.74, 6) is 0.420. The molecule has 36 heavy (non-hydrogen) atoms. The van der Waals surface area contributed by atoms with Crippen LogP contribution in [0, 0.1) is 3.57 Å². The maximum absolute atomic E-state index is 13.0. The number of rotatable bonds is 8. The third-order valence-electron chi connectivity index (χ3n) is 4.97. The van der Waals surface area contributed by atoms with Crippen molar-refractivity contribution in [1.29, 1.82) is 0 Å². The summed E-state index contributed by atoms with van der Waals surface area (Å²) in [4.78, 5) is 25.7. The number of fused-ring (bicyclic) bond motifs is 1. The van der Waals surface area contributed by atoms with Gasteiger partial charge in [0.2, 0.25) is 6.79 Å². The largest absolute Gasteiger partial charge is 0.504 e. The van der Waals surface area contributed by atoms with Gasteiger partial charge in [-0.05, 0) is 83.1 Å². The van der Waals surface area contributed by atoms with Gasteiger partial charge in [-0.25, -0.2) is 5.43 Å². The van der Waals surface area contributed by atoms with Crippen molar-refractivity contribution >= 4 is 46.7 Å². The lowest BCUT2D eigenvalue weighted by Crippen LogP contribution is -2.32. The summed E-state index contributed by atoms with van der Waals surface area (Å²) >= 11 is 1.98. The Bertz CT molecular complexity index is 1340. The molecule has 3 aromatic rings. The number of ether oxygens (including phenoxy) is 3. The Kier molecular flexibility index (Phi) is 8.06. The second-order valence-electron chi connectivity index (χ2n) is 7.47. The summed E-state index contributed by atoms with van der Waals surface area (Å²) in [6.45, 7) is 2.32. The lowest BCUT2D eigenvalue weighted by molar-refractivity contribution is -0.117.